The van der Waals surface area contributed by atoms with Gasteiger partial charge in [-0.05, 0) is 36.4 Å². The molecule has 154 valence electrons. The van der Waals surface area contributed by atoms with Gasteiger partial charge in [0, 0.05) is 38.1 Å². The van der Waals surface area contributed by atoms with Crippen molar-refractivity contribution in [2.75, 3.05) is 36.7 Å². The minimum Gasteiger partial charge on any atom is -0.466 e. The van der Waals surface area contributed by atoms with Gasteiger partial charge in [-0.1, -0.05) is 0 Å². The van der Waals surface area contributed by atoms with Gasteiger partial charge in [-0.15, -0.1) is 11.8 Å². The van der Waals surface area contributed by atoms with Gasteiger partial charge in [-0.3, -0.25) is 9.59 Å². The van der Waals surface area contributed by atoms with E-state index in [1.807, 2.05) is 31.1 Å². The van der Waals surface area contributed by atoms with Crippen molar-refractivity contribution in [3.63, 3.8) is 0 Å². The van der Waals surface area contributed by atoms with Crippen LogP contribution in [0.2, 0.25) is 0 Å². The molecule has 0 saturated carbocycles. The summed E-state index contributed by atoms with van der Waals surface area (Å²) in [7, 11) is 3.85. The van der Waals surface area contributed by atoms with Crippen molar-refractivity contribution in [2.24, 2.45) is 0 Å². The third kappa shape index (κ3) is 4.92. The molecule has 0 aliphatic carbocycles. The van der Waals surface area contributed by atoms with E-state index in [1.54, 1.807) is 24.3 Å². The van der Waals surface area contributed by atoms with Gasteiger partial charge < -0.3 is 24.3 Å². The highest BCUT2D eigenvalue weighted by Crippen LogP contribution is 2.41. The van der Waals surface area contributed by atoms with Gasteiger partial charge >= 0.3 is 5.97 Å². The third-order valence-electron chi connectivity index (χ3n) is 4.44. The number of rotatable bonds is 6. The van der Waals surface area contributed by atoms with E-state index in [4.69, 9.17) is 9.15 Å². The highest BCUT2D eigenvalue weighted by atomic mass is 32.2. The Morgan fingerprint density at radius 3 is 2.55 bits per heavy atom. The molecule has 1 N–H and O–H groups in total. The van der Waals surface area contributed by atoms with Crippen LogP contribution in [0.15, 0.2) is 47.1 Å². The maximum Gasteiger partial charge on any atom is 0.330 e. The number of hydrogen-bond acceptors (Lipinski definition) is 7. The maximum atomic E-state index is 12.5. The van der Waals surface area contributed by atoms with Crippen molar-refractivity contribution >= 4 is 40.9 Å². The molecule has 1 aliphatic heterocycles. The number of thioether (sulfide) groups is 1. The quantitative estimate of drug-likeness (QED) is 0.722. The van der Waals surface area contributed by atoms with E-state index in [-0.39, 0.29) is 11.3 Å². The number of furan rings is 1. The van der Waals surface area contributed by atoms with Crippen LogP contribution in [-0.4, -0.2) is 55.2 Å². The molecule has 1 aromatic carbocycles. The number of hydrogen-bond donors (Lipinski definition) is 1. The molecule has 0 bridgehead atoms. The van der Waals surface area contributed by atoms with Crippen LogP contribution in [0, 0.1) is 0 Å². The molecule has 2 amide bonds. The monoisotopic (exact) mass is 417 g/mol. The largest absolute Gasteiger partial charge is 0.466 e. The first-order valence-corrected chi connectivity index (χ1v) is 10.1. The van der Waals surface area contributed by atoms with Crippen LogP contribution < -0.4 is 10.2 Å². The Morgan fingerprint density at radius 1 is 1.24 bits per heavy atom. The van der Waals surface area contributed by atoms with Crippen LogP contribution in [0.3, 0.4) is 0 Å². The summed E-state index contributed by atoms with van der Waals surface area (Å²) >= 11 is 1.42. The Bertz CT molecular complexity index is 867. The lowest BCUT2D eigenvalue weighted by Crippen LogP contribution is -2.43. The van der Waals surface area contributed by atoms with E-state index in [1.165, 1.54) is 29.8 Å². The lowest BCUT2D eigenvalue weighted by molar-refractivity contribution is -0.155. The van der Waals surface area contributed by atoms with Crippen LogP contribution in [0.4, 0.5) is 11.4 Å². The summed E-state index contributed by atoms with van der Waals surface area (Å²) in [5.41, 5.74) is 1.61. The first kappa shape index (κ1) is 20.8. The van der Waals surface area contributed by atoms with E-state index in [0.717, 1.165) is 5.69 Å². The van der Waals surface area contributed by atoms with E-state index >= 15 is 0 Å². The van der Waals surface area contributed by atoms with Gasteiger partial charge in [-0.25, -0.2) is 4.79 Å². The number of anilines is 2. The van der Waals surface area contributed by atoms with Crippen molar-refractivity contribution in [1.82, 2.24) is 4.90 Å². The Hall–Kier alpha value is -2.94. The number of nitrogens with one attached hydrogen (secondary N) is 1. The van der Waals surface area contributed by atoms with Crippen LogP contribution in [0.25, 0.3) is 0 Å². The van der Waals surface area contributed by atoms with Gasteiger partial charge in [-0.2, -0.15) is 0 Å². The first-order chi connectivity index (χ1) is 13.9. The van der Waals surface area contributed by atoms with Gasteiger partial charge in [0.2, 0.25) is 5.91 Å². The molecule has 3 rings (SSSR count). The zero-order valence-electron chi connectivity index (χ0n) is 16.5. The number of carbonyl (C=O) groups excluding carboxylic acids is 3. The fourth-order valence-electron chi connectivity index (χ4n) is 3.00. The summed E-state index contributed by atoms with van der Waals surface area (Å²) in [5.74, 6) is -0.348. The zero-order valence-corrected chi connectivity index (χ0v) is 17.3. The second-order valence-electron chi connectivity index (χ2n) is 6.74. The van der Waals surface area contributed by atoms with Gasteiger partial charge in [0.1, 0.15) is 17.2 Å². The normalized spacial score (nSPS) is 18.4. The minimum absolute atomic E-state index is 0.260. The summed E-state index contributed by atoms with van der Waals surface area (Å²) in [6.07, 6.45) is 1.52. The molecule has 2 heterocycles. The number of nitrogens with zero attached hydrogens (tertiary/aromatic N) is 2. The smallest absolute Gasteiger partial charge is 0.330 e. The van der Waals surface area contributed by atoms with Crippen molar-refractivity contribution in [3.8, 4) is 0 Å². The fraction of sp³-hybridized carbons (Fsp3) is 0.350. The molecule has 1 fully saturated rings. The average Bonchev–Trinajstić information content (AvgIpc) is 3.35. The highest BCUT2D eigenvalue weighted by Gasteiger charge is 2.43. The van der Waals surface area contributed by atoms with Crippen molar-refractivity contribution in [2.45, 2.75) is 18.3 Å². The minimum atomic E-state index is -0.764. The Morgan fingerprint density at radius 2 is 1.97 bits per heavy atom. The summed E-state index contributed by atoms with van der Waals surface area (Å²) in [6.45, 7) is 0.971. The molecule has 0 radical (unpaired) electrons. The van der Waals surface area contributed by atoms with Gasteiger partial charge in [0.15, 0.2) is 6.61 Å². The van der Waals surface area contributed by atoms with Gasteiger partial charge in [0.05, 0.1) is 6.26 Å². The van der Waals surface area contributed by atoms with Crippen LogP contribution in [-0.2, 0) is 19.1 Å². The Balaban J connectivity index is 1.55. The number of carbonyl (C=O) groups is 3. The molecule has 2 atom stereocenters. The lowest BCUT2D eigenvalue weighted by Gasteiger charge is -2.25. The zero-order chi connectivity index (χ0) is 21.0. The predicted molar refractivity (Wildman–Crippen MR) is 111 cm³/mol. The maximum absolute atomic E-state index is 12.5. The molecule has 1 aromatic heterocycles. The van der Waals surface area contributed by atoms with Crippen molar-refractivity contribution in [3.05, 3.63) is 48.4 Å². The molecule has 9 heteroatoms. The molecule has 1 aliphatic rings. The predicted octanol–water partition coefficient (Wildman–Crippen LogP) is 2.49. The Labute approximate surface area is 173 Å². The van der Waals surface area contributed by atoms with E-state index in [0.29, 0.717) is 17.2 Å². The topological polar surface area (TPSA) is 92.1 Å². The van der Waals surface area contributed by atoms with Crippen molar-refractivity contribution < 1.29 is 23.5 Å². The van der Waals surface area contributed by atoms with Crippen LogP contribution in [0.1, 0.15) is 18.1 Å². The highest BCUT2D eigenvalue weighted by molar-refractivity contribution is 7.99. The number of amides is 2. The van der Waals surface area contributed by atoms with Crippen LogP contribution >= 0.6 is 11.8 Å². The first-order valence-electron chi connectivity index (χ1n) is 9.04. The second-order valence-corrected chi connectivity index (χ2v) is 7.85. The molecule has 29 heavy (non-hydrogen) atoms. The molecular weight excluding hydrogens is 394 g/mol. The molecule has 1 saturated heterocycles. The average molecular weight is 417 g/mol. The van der Waals surface area contributed by atoms with Crippen LogP contribution in [0.5, 0.6) is 0 Å². The summed E-state index contributed by atoms with van der Waals surface area (Å²) in [6, 6.07) is 10.0. The lowest BCUT2D eigenvalue weighted by atomic mass is 10.2. The summed E-state index contributed by atoms with van der Waals surface area (Å²) in [5, 5.41) is 2.30. The Kier molecular flexibility index (Phi) is 6.48. The summed E-state index contributed by atoms with van der Waals surface area (Å²) < 4.78 is 10.6. The molecule has 0 unspecified atom stereocenters. The third-order valence-corrected chi connectivity index (χ3v) is 5.72. The molecule has 2 aromatic rings. The second kappa shape index (κ2) is 9.04. The van der Waals surface area contributed by atoms with E-state index in [9.17, 15) is 14.4 Å². The van der Waals surface area contributed by atoms with E-state index in [2.05, 4.69) is 5.32 Å². The van der Waals surface area contributed by atoms with E-state index < -0.39 is 24.5 Å². The molecule has 0 spiro atoms. The summed E-state index contributed by atoms with van der Waals surface area (Å²) in [4.78, 5) is 40.1. The SMILES string of the molecule is CC(=O)N1[C@@H](c2ccco2)SC[C@H]1C(=O)OCC(=O)Nc1ccc(N(C)C)cc1. The molecule has 8 nitrogen and oxygen atoms in total. The van der Waals surface area contributed by atoms with Crippen molar-refractivity contribution in [1.29, 1.82) is 0 Å². The molecular formula is C20H23N3O5S. The van der Waals surface area contributed by atoms with Gasteiger partial charge in [0.25, 0.3) is 5.91 Å². The number of ether oxygens (including phenoxy) is 1. The number of benzene rings is 1. The standard InChI is InChI=1S/C20H23N3O5S/c1-13(24)23-16(12-29-19(23)17-5-4-10-27-17)20(26)28-11-18(25)21-14-6-8-15(9-7-14)22(2)3/h4-10,16,19H,11-12H2,1-3H3,(H,21,25)/t16-,19+/m0/s1. The fourth-order valence-corrected chi connectivity index (χ4v) is 4.41. The number of esters is 1.